The van der Waals surface area contributed by atoms with Gasteiger partial charge in [-0.1, -0.05) is 6.08 Å². The number of nitrogens with one attached hydrogen (secondary N) is 1. The maximum absolute atomic E-state index is 11.7. The predicted molar refractivity (Wildman–Crippen MR) is 59.0 cm³/mol. The maximum Gasteiger partial charge on any atom is 0.259 e. The summed E-state index contributed by atoms with van der Waals surface area (Å²) < 4.78 is 0. The van der Waals surface area contributed by atoms with Crippen LogP contribution in [-0.2, 0) is 0 Å². The molecular formula is C11H14N2O2. The fourth-order valence-electron chi connectivity index (χ4n) is 1.22. The number of pyridine rings is 1. The highest BCUT2D eigenvalue weighted by Gasteiger charge is 2.13. The number of aromatic amines is 1. The second-order valence-corrected chi connectivity index (χ2v) is 3.37. The van der Waals surface area contributed by atoms with Crippen LogP contribution >= 0.6 is 0 Å². The molecule has 0 saturated heterocycles. The fraction of sp³-hybridized carbons (Fsp3) is 0.273. The predicted octanol–water partition coefficient (Wildman–Crippen LogP) is 0.941. The molecule has 1 aromatic rings. The van der Waals surface area contributed by atoms with E-state index in [1.807, 2.05) is 0 Å². The topological polar surface area (TPSA) is 53.2 Å². The van der Waals surface area contributed by atoms with Gasteiger partial charge < -0.3 is 9.88 Å². The Labute approximate surface area is 88.2 Å². The van der Waals surface area contributed by atoms with Crippen molar-refractivity contribution in [2.24, 2.45) is 0 Å². The van der Waals surface area contributed by atoms with Crippen LogP contribution in [-0.4, -0.2) is 29.4 Å². The maximum atomic E-state index is 11.7. The van der Waals surface area contributed by atoms with Crippen LogP contribution < -0.4 is 5.43 Å². The lowest BCUT2D eigenvalue weighted by Gasteiger charge is -2.14. The summed E-state index contributed by atoms with van der Waals surface area (Å²) in [4.78, 5) is 27.5. The minimum atomic E-state index is -0.295. The van der Waals surface area contributed by atoms with Crippen LogP contribution in [0.3, 0.4) is 0 Å². The Morgan fingerprint density at radius 3 is 2.87 bits per heavy atom. The van der Waals surface area contributed by atoms with E-state index in [-0.39, 0.29) is 16.9 Å². The van der Waals surface area contributed by atoms with Crippen LogP contribution in [0.5, 0.6) is 0 Å². The minimum absolute atomic E-state index is 0.157. The summed E-state index contributed by atoms with van der Waals surface area (Å²) in [5.41, 5.74) is 0.639. The van der Waals surface area contributed by atoms with Crippen molar-refractivity contribution in [3.8, 4) is 0 Å². The molecule has 1 aromatic heterocycles. The van der Waals surface area contributed by atoms with Gasteiger partial charge in [0.15, 0.2) is 5.43 Å². The van der Waals surface area contributed by atoms with Crippen LogP contribution in [0.15, 0.2) is 29.7 Å². The zero-order valence-corrected chi connectivity index (χ0v) is 8.91. The minimum Gasteiger partial charge on any atom is -0.364 e. The SMILES string of the molecule is C=CCN(C)C(=O)c1c[nH]c(C)cc1=O. The molecule has 0 radical (unpaired) electrons. The molecule has 0 aliphatic carbocycles. The van der Waals surface area contributed by atoms with Gasteiger partial charge >= 0.3 is 0 Å². The van der Waals surface area contributed by atoms with Crippen molar-refractivity contribution in [1.82, 2.24) is 9.88 Å². The molecule has 0 saturated carbocycles. The summed E-state index contributed by atoms with van der Waals surface area (Å²) in [6.45, 7) is 5.72. The molecule has 0 atom stereocenters. The van der Waals surface area contributed by atoms with E-state index in [1.165, 1.54) is 17.2 Å². The zero-order valence-electron chi connectivity index (χ0n) is 8.91. The van der Waals surface area contributed by atoms with Crippen LogP contribution in [0.2, 0.25) is 0 Å². The number of aromatic nitrogens is 1. The second-order valence-electron chi connectivity index (χ2n) is 3.37. The van der Waals surface area contributed by atoms with Crippen LogP contribution in [0.4, 0.5) is 0 Å². The first kappa shape index (κ1) is 11.2. The Hall–Kier alpha value is -1.84. The van der Waals surface area contributed by atoms with E-state index < -0.39 is 0 Å². The number of amides is 1. The molecule has 0 aromatic carbocycles. The van der Waals surface area contributed by atoms with Crippen molar-refractivity contribution >= 4 is 5.91 Å². The molecule has 1 amide bonds. The first-order valence-corrected chi connectivity index (χ1v) is 4.62. The molecule has 1 N–H and O–H groups in total. The van der Waals surface area contributed by atoms with Gasteiger partial charge in [-0.15, -0.1) is 6.58 Å². The van der Waals surface area contributed by atoms with Gasteiger partial charge in [-0.2, -0.15) is 0 Å². The van der Waals surface area contributed by atoms with Crippen molar-refractivity contribution in [3.05, 3.63) is 46.4 Å². The average Bonchev–Trinajstić information content (AvgIpc) is 2.17. The molecule has 1 rings (SSSR count). The molecule has 0 aliphatic heterocycles. The van der Waals surface area contributed by atoms with Gasteiger partial charge in [0.2, 0.25) is 0 Å². The van der Waals surface area contributed by atoms with Gasteiger partial charge in [0.05, 0.1) is 0 Å². The molecule has 0 bridgehead atoms. The van der Waals surface area contributed by atoms with Crippen LogP contribution in [0.1, 0.15) is 16.1 Å². The number of hydrogen-bond acceptors (Lipinski definition) is 2. The van der Waals surface area contributed by atoms with E-state index in [0.717, 1.165) is 5.69 Å². The molecule has 4 nitrogen and oxygen atoms in total. The fourth-order valence-corrected chi connectivity index (χ4v) is 1.22. The largest absolute Gasteiger partial charge is 0.364 e. The Bertz CT molecular complexity index is 434. The van der Waals surface area contributed by atoms with Crippen molar-refractivity contribution in [2.45, 2.75) is 6.92 Å². The summed E-state index contributed by atoms with van der Waals surface area (Å²) >= 11 is 0. The van der Waals surface area contributed by atoms with E-state index in [1.54, 1.807) is 20.0 Å². The number of likely N-dealkylation sites (N-methyl/N-ethyl adjacent to an activating group) is 1. The summed E-state index contributed by atoms with van der Waals surface area (Å²) in [5, 5.41) is 0. The van der Waals surface area contributed by atoms with Crippen LogP contribution in [0.25, 0.3) is 0 Å². The monoisotopic (exact) mass is 206 g/mol. The third kappa shape index (κ3) is 2.56. The summed E-state index contributed by atoms with van der Waals surface area (Å²) in [7, 11) is 1.63. The molecule has 15 heavy (non-hydrogen) atoms. The van der Waals surface area contributed by atoms with Crippen LogP contribution in [0, 0.1) is 6.92 Å². The molecule has 80 valence electrons. The number of hydrogen-bond donors (Lipinski definition) is 1. The highest BCUT2D eigenvalue weighted by Crippen LogP contribution is 1.97. The van der Waals surface area contributed by atoms with Crippen molar-refractivity contribution in [3.63, 3.8) is 0 Å². The number of carbonyl (C=O) groups excluding carboxylic acids is 1. The highest BCUT2D eigenvalue weighted by atomic mass is 16.2. The Kier molecular flexibility index (Phi) is 3.44. The molecular weight excluding hydrogens is 192 g/mol. The van der Waals surface area contributed by atoms with E-state index in [0.29, 0.717) is 6.54 Å². The van der Waals surface area contributed by atoms with Gasteiger partial charge in [0.1, 0.15) is 5.56 Å². The summed E-state index contributed by atoms with van der Waals surface area (Å²) in [6, 6.07) is 1.41. The first-order chi connectivity index (χ1) is 7.06. The lowest BCUT2D eigenvalue weighted by atomic mass is 10.2. The highest BCUT2D eigenvalue weighted by molar-refractivity contribution is 5.93. The Morgan fingerprint density at radius 1 is 1.67 bits per heavy atom. The third-order valence-electron chi connectivity index (χ3n) is 2.04. The molecule has 0 fully saturated rings. The summed E-state index contributed by atoms with van der Waals surface area (Å²) in [6.07, 6.45) is 3.06. The van der Waals surface area contributed by atoms with Gasteiger partial charge in [0.25, 0.3) is 5.91 Å². The number of rotatable bonds is 3. The smallest absolute Gasteiger partial charge is 0.259 e. The number of aryl methyl sites for hydroxylation is 1. The van der Waals surface area contributed by atoms with E-state index in [4.69, 9.17) is 0 Å². The Balaban J connectivity index is 3.01. The van der Waals surface area contributed by atoms with Gasteiger partial charge in [0, 0.05) is 31.5 Å². The normalized spacial score (nSPS) is 9.73. The number of carbonyl (C=O) groups is 1. The molecule has 0 unspecified atom stereocenters. The first-order valence-electron chi connectivity index (χ1n) is 4.62. The zero-order chi connectivity index (χ0) is 11.4. The second kappa shape index (κ2) is 4.59. The van der Waals surface area contributed by atoms with Gasteiger partial charge in [-0.05, 0) is 6.92 Å². The number of nitrogens with zero attached hydrogens (tertiary/aromatic N) is 1. The van der Waals surface area contributed by atoms with Crippen molar-refractivity contribution < 1.29 is 4.79 Å². The van der Waals surface area contributed by atoms with Crippen molar-refractivity contribution in [2.75, 3.05) is 13.6 Å². The van der Waals surface area contributed by atoms with Gasteiger partial charge in [-0.25, -0.2) is 0 Å². The van der Waals surface area contributed by atoms with E-state index in [9.17, 15) is 9.59 Å². The molecule has 0 aliphatic rings. The molecule has 0 spiro atoms. The Morgan fingerprint density at radius 2 is 2.33 bits per heavy atom. The van der Waals surface area contributed by atoms with E-state index >= 15 is 0 Å². The third-order valence-corrected chi connectivity index (χ3v) is 2.04. The molecule has 1 heterocycles. The van der Waals surface area contributed by atoms with Crippen molar-refractivity contribution in [1.29, 1.82) is 0 Å². The molecule has 4 heteroatoms. The van der Waals surface area contributed by atoms with Gasteiger partial charge in [-0.3, -0.25) is 9.59 Å². The quantitative estimate of drug-likeness (QED) is 0.748. The van der Waals surface area contributed by atoms with E-state index in [2.05, 4.69) is 11.6 Å². The lowest BCUT2D eigenvalue weighted by Crippen LogP contribution is -2.31. The number of H-pyrrole nitrogens is 1. The average molecular weight is 206 g/mol. The summed E-state index contributed by atoms with van der Waals surface area (Å²) in [5.74, 6) is -0.295. The lowest BCUT2D eigenvalue weighted by molar-refractivity contribution is 0.0808. The standard InChI is InChI=1S/C11H14N2O2/c1-4-5-13(3)11(15)9-7-12-8(2)6-10(9)14/h4,6-7H,1,5H2,2-3H3,(H,12,14).